The first-order valence-electron chi connectivity index (χ1n) is 23.7. The van der Waals surface area contributed by atoms with Crippen LogP contribution in [-0.4, -0.2) is 37.2 Å². The summed E-state index contributed by atoms with van der Waals surface area (Å²) >= 11 is 0. The molecule has 0 amide bonds. The number of ether oxygens (including phenoxy) is 3. The molecule has 0 aromatic rings. The van der Waals surface area contributed by atoms with Crippen molar-refractivity contribution < 1.29 is 28.6 Å². The highest BCUT2D eigenvalue weighted by Gasteiger charge is 2.19. The largest absolute Gasteiger partial charge is 0.462 e. The van der Waals surface area contributed by atoms with E-state index in [1.807, 2.05) is 0 Å². The Balaban J connectivity index is 4.40. The van der Waals surface area contributed by atoms with E-state index in [9.17, 15) is 14.4 Å². The summed E-state index contributed by atoms with van der Waals surface area (Å²) in [6.45, 7) is 6.51. The second-order valence-corrected chi connectivity index (χ2v) is 15.7. The number of carbonyl (C=O) groups excluding carboxylic acids is 3. The molecule has 0 saturated heterocycles. The molecule has 0 rings (SSSR count). The van der Waals surface area contributed by atoms with Crippen molar-refractivity contribution in [3.63, 3.8) is 0 Å². The second kappa shape index (κ2) is 45.1. The summed E-state index contributed by atoms with van der Waals surface area (Å²) in [6.07, 6.45) is 52.3. The maximum absolute atomic E-state index is 12.7. The molecule has 0 fully saturated rings. The number of unbranched alkanes of at least 4 members (excludes halogenated alkanes) is 24. The predicted molar refractivity (Wildman–Crippen MR) is 238 cm³/mol. The lowest BCUT2D eigenvalue weighted by Crippen LogP contribution is -2.30. The SMILES string of the molecule is CCCC/C=C\CCCCCCCC(=O)OCC(COC(=O)CCCCCCCC/C=C\C=C/CCCCC)OC(=O)CCCCCCC/C=C\CCCCC. The molecule has 0 saturated carbocycles. The van der Waals surface area contributed by atoms with E-state index in [0.717, 1.165) is 83.5 Å². The minimum atomic E-state index is -0.782. The Kier molecular flexibility index (Phi) is 43.0. The van der Waals surface area contributed by atoms with Crippen molar-refractivity contribution in [2.45, 2.75) is 239 Å². The van der Waals surface area contributed by atoms with Crippen LogP contribution >= 0.6 is 0 Å². The molecule has 0 aromatic carbocycles. The van der Waals surface area contributed by atoms with Gasteiger partial charge < -0.3 is 14.2 Å². The van der Waals surface area contributed by atoms with Gasteiger partial charge in [0.1, 0.15) is 13.2 Å². The van der Waals surface area contributed by atoms with Crippen molar-refractivity contribution in [3.05, 3.63) is 48.6 Å². The molecule has 324 valence electrons. The van der Waals surface area contributed by atoms with E-state index in [0.29, 0.717) is 19.3 Å². The van der Waals surface area contributed by atoms with Gasteiger partial charge >= 0.3 is 17.9 Å². The Hall–Kier alpha value is -2.63. The van der Waals surface area contributed by atoms with Gasteiger partial charge in [-0.3, -0.25) is 14.4 Å². The van der Waals surface area contributed by atoms with Crippen LogP contribution in [0.1, 0.15) is 233 Å². The summed E-state index contributed by atoms with van der Waals surface area (Å²) in [6, 6.07) is 0. The van der Waals surface area contributed by atoms with Gasteiger partial charge in [0.05, 0.1) is 0 Å². The van der Waals surface area contributed by atoms with Gasteiger partial charge in [0.15, 0.2) is 6.10 Å². The molecule has 0 aliphatic rings. The normalized spacial score (nSPS) is 12.4. The Morgan fingerprint density at radius 1 is 0.357 bits per heavy atom. The van der Waals surface area contributed by atoms with Crippen molar-refractivity contribution in [2.75, 3.05) is 13.2 Å². The zero-order chi connectivity index (χ0) is 40.8. The van der Waals surface area contributed by atoms with E-state index < -0.39 is 6.10 Å². The van der Waals surface area contributed by atoms with Crippen LogP contribution in [-0.2, 0) is 28.6 Å². The molecule has 0 N–H and O–H groups in total. The predicted octanol–water partition coefficient (Wildman–Crippen LogP) is 15.1. The number of hydrogen-bond acceptors (Lipinski definition) is 6. The standard InChI is InChI=1S/C50H88O6/c1-4-7-10-13-16-19-22-24-25-26-29-31-34-37-40-43-49(52)55-46-47(45-54-48(51)42-39-36-33-30-27-21-18-15-12-9-6-3)56-50(53)44-41-38-35-32-28-23-20-17-14-11-8-5-2/h15-20,22,24,47H,4-14,21,23,25-46H2,1-3H3/b18-15-,19-16-,20-17-,24-22-. The molecular formula is C50H88O6. The molecule has 1 unspecified atom stereocenters. The monoisotopic (exact) mass is 785 g/mol. The lowest BCUT2D eigenvalue weighted by molar-refractivity contribution is -0.167. The average Bonchev–Trinajstić information content (AvgIpc) is 3.19. The molecule has 1 atom stereocenters. The minimum absolute atomic E-state index is 0.0847. The van der Waals surface area contributed by atoms with Crippen LogP contribution in [0, 0.1) is 0 Å². The second-order valence-electron chi connectivity index (χ2n) is 15.7. The van der Waals surface area contributed by atoms with Gasteiger partial charge in [-0.15, -0.1) is 0 Å². The Morgan fingerprint density at radius 3 is 1.05 bits per heavy atom. The molecule has 6 heteroatoms. The Labute approximate surface area is 346 Å². The topological polar surface area (TPSA) is 78.9 Å². The third-order valence-electron chi connectivity index (χ3n) is 10.1. The Morgan fingerprint density at radius 2 is 0.661 bits per heavy atom. The van der Waals surface area contributed by atoms with E-state index in [1.165, 1.54) is 109 Å². The van der Waals surface area contributed by atoms with Gasteiger partial charge in [0, 0.05) is 19.3 Å². The highest BCUT2D eigenvalue weighted by Crippen LogP contribution is 2.13. The highest BCUT2D eigenvalue weighted by atomic mass is 16.6. The number of hydrogen-bond donors (Lipinski definition) is 0. The summed E-state index contributed by atoms with van der Waals surface area (Å²) in [5.74, 6) is -0.915. The van der Waals surface area contributed by atoms with E-state index >= 15 is 0 Å². The molecule has 0 radical (unpaired) electrons. The molecule has 56 heavy (non-hydrogen) atoms. The van der Waals surface area contributed by atoms with Crippen LogP contribution in [0.2, 0.25) is 0 Å². The van der Waals surface area contributed by atoms with E-state index in [-0.39, 0.29) is 31.1 Å². The first-order chi connectivity index (χ1) is 27.5. The fourth-order valence-electron chi connectivity index (χ4n) is 6.41. The van der Waals surface area contributed by atoms with Crippen molar-refractivity contribution in [3.8, 4) is 0 Å². The minimum Gasteiger partial charge on any atom is -0.462 e. The van der Waals surface area contributed by atoms with Gasteiger partial charge in [0.25, 0.3) is 0 Å². The maximum atomic E-state index is 12.7. The van der Waals surface area contributed by atoms with Crippen LogP contribution in [0.25, 0.3) is 0 Å². The third kappa shape index (κ3) is 42.5. The quantitative estimate of drug-likeness (QED) is 0.0202. The fraction of sp³-hybridized carbons (Fsp3) is 0.780. The van der Waals surface area contributed by atoms with Crippen molar-refractivity contribution in [1.82, 2.24) is 0 Å². The molecule has 0 heterocycles. The maximum Gasteiger partial charge on any atom is 0.306 e. The number of esters is 3. The molecule has 0 aromatic heterocycles. The highest BCUT2D eigenvalue weighted by molar-refractivity contribution is 5.71. The zero-order valence-corrected chi connectivity index (χ0v) is 36.9. The third-order valence-corrected chi connectivity index (χ3v) is 10.1. The van der Waals surface area contributed by atoms with Gasteiger partial charge in [0.2, 0.25) is 0 Å². The average molecular weight is 785 g/mol. The Bertz CT molecular complexity index is 996. The fourth-order valence-corrected chi connectivity index (χ4v) is 6.41. The smallest absolute Gasteiger partial charge is 0.306 e. The molecular weight excluding hydrogens is 697 g/mol. The van der Waals surface area contributed by atoms with Gasteiger partial charge in [-0.05, 0) is 89.9 Å². The summed E-state index contributed by atoms with van der Waals surface area (Å²) in [7, 11) is 0. The number of rotatable bonds is 42. The van der Waals surface area contributed by atoms with Crippen molar-refractivity contribution >= 4 is 17.9 Å². The van der Waals surface area contributed by atoms with E-state index in [2.05, 4.69) is 69.4 Å². The molecule has 0 aliphatic carbocycles. The van der Waals surface area contributed by atoms with Gasteiger partial charge in [-0.1, -0.05) is 172 Å². The summed E-state index contributed by atoms with van der Waals surface area (Å²) < 4.78 is 16.7. The van der Waals surface area contributed by atoms with Gasteiger partial charge in [-0.2, -0.15) is 0 Å². The molecule has 0 bridgehead atoms. The number of carbonyl (C=O) groups is 3. The van der Waals surface area contributed by atoms with Crippen molar-refractivity contribution in [1.29, 1.82) is 0 Å². The lowest BCUT2D eigenvalue weighted by Gasteiger charge is -2.18. The number of allylic oxidation sites excluding steroid dienone is 8. The van der Waals surface area contributed by atoms with Crippen LogP contribution in [0.4, 0.5) is 0 Å². The summed E-state index contributed by atoms with van der Waals surface area (Å²) in [4.78, 5) is 37.8. The first kappa shape index (κ1) is 53.4. The molecule has 0 spiro atoms. The first-order valence-corrected chi connectivity index (χ1v) is 23.7. The molecule has 6 nitrogen and oxygen atoms in total. The van der Waals surface area contributed by atoms with Crippen LogP contribution in [0.3, 0.4) is 0 Å². The summed E-state index contributed by atoms with van der Waals surface area (Å²) in [5, 5.41) is 0. The van der Waals surface area contributed by atoms with Crippen molar-refractivity contribution in [2.24, 2.45) is 0 Å². The van der Waals surface area contributed by atoms with E-state index in [1.54, 1.807) is 0 Å². The zero-order valence-electron chi connectivity index (χ0n) is 36.9. The lowest BCUT2D eigenvalue weighted by atomic mass is 10.1. The van der Waals surface area contributed by atoms with Crippen LogP contribution in [0.5, 0.6) is 0 Å². The summed E-state index contributed by atoms with van der Waals surface area (Å²) in [5.41, 5.74) is 0. The van der Waals surface area contributed by atoms with Crippen LogP contribution < -0.4 is 0 Å². The van der Waals surface area contributed by atoms with Gasteiger partial charge in [-0.25, -0.2) is 0 Å². The molecule has 0 aliphatic heterocycles. The van der Waals surface area contributed by atoms with E-state index in [4.69, 9.17) is 14.2 Å². The van der Waals surface area contributed by atoms with Crippen LogP contribution in [0.15, 0.2) is 48.6 Å².